The molecule has 0 saturated carbocycles. The van der Waals surface area contributed by atoms with Gasteiger partial charge in [0.05, 0.1) is 13.2 Å². The number of hydrogen-bond donors (Lipinski definition) is 0. The van der Waals surface area contributed by atoms with Crippen LogP contribution in [0, 0.1) is 5.41 Å². The van der Waals surface area contributed by atoms with Gasteiger partial charge in [-0.3, -0.25) is 9.59 Å². The van der Waals surface area contributed by atoms with Crippen LogP contribution in [-0.4, -0.2) is 25.2 Å². The maximum Gasteiger partial charge on any atom is 0.324 e. The van der Waals surface area contributed by atoms with Crippen molar-refractivity contribution in [2.75, 3.05) is 13.2 Å². The van der Waals surface area contributed by atoms with E-state index in [9.17, 15) is 9.59 Å². The summed E-state index contributed by atoms with van der Waals surface area (Å²) in [6, 6.07) is 27.9. The third kappa shape index (κ3) is 4.59. The molecule has 0 saturated heterocycles. The standard InChI is InChI=1S/C30H28O4/c1-3-33-28(31)30(29(32)34-4-2)20-24-17-11-12-18-26(24)25(21-30)19-27(22-13-7-5-8-14-22)23-15-9-6-10-16-23/h5-18H,3-4,20-21H2,1-2H3. The highest BCUT2D eigenvalue weighted by atomic mass is 16.6. The molecule has 34 heavy (non-hydrogen) atoms. The molecule has 3 aromatic rings. The number of ether oxygens (including phenoxy) is 2. The molecule has 4 nitrogen and oxygen atoms in total. The Hall–Kier alpha value is -3.88. The first-order valence-electron chi connectivity index (χ1n) is 11.6. The Kier molecular flexibility index (Phi) is 7.10. The van der Waals surface area contributed by atoms with Gasteiger partial charge in [0.25, 0.3) is 0 Å². The van der Waals surface area contributed by atoms with Gasteiger partial charge in [0, 0.05) is 24.0 Å². The minimum absolute atomic E-state index is 0.158. The van der Waals surface area contributed by atoms with Crippen LogP contribution < -0.4 is 0 Å². The zero-order valence-corrected chi connectivity index (χ0v) is 19.5. The van der Waals surface area contributed by atoms with E-state index in [-0.39, 0.29) is 26.1 Å². The lowest BCUT2D eigenvalue weighted by Crippen LogP contribution is -2.46. The molecule has 0 spiro atoms. The lowest BCUT2D eigenvalue weighted by molar-refractivity contribution is -0.172. The summed E-state index contributed by atoms with van der Waals surface area (Å²) < 4.78 is 10.8. The van der Waals surface area contributed by atoms with Gasteiger partial charge in [0.15, 0.2) is 5.41 Å². The van der Waals surface area contributed by atoms with Gasteiger partial charge >= 0.3 is 11.9 Å². The first-order chi connectivity index (χ1) is 16.6. The normalized spacial score (nSPS) is 13.9. The largest absolute Gasteiger partial charge is 0.465 e. The van der Waals surface area contributed by atoms with Crippen molar-refractivity contribution in [3.05, 3.63) is 113 Å². The number of esters is 2. The van der Waals surface area contributed by atoms with E-state index < -0.39 is 17.4 Å². The molecule has 0 N–H and O–H groups in total. The molecule has 1 aliphatic carbocycles. The Bertz CT molecular complexity index is 1180. The summed E-state index contributed by atoms with van der Waals surface area (Å²) >= 11 is 0. The van der Waals surface area contributed by atoms with Gasteiger partial charge in [-0.2, -0.15) is 0 Å². The lowest BCUT2D eigenvalue weighted by atomic mass is 9.69. The number of carbonyl (C=O) groups excluding carboxylic acids is 2. The molecule has 0 aliphatic heterocycles. The van der Waals surface area contributed by atoms with E-state index in [0.717, 1.165) is 33.4 Å². The Morgan fingerprint density at radius 1 is 0.735 bits per heavy atom. The number of hydrogen-bond acceptors (Lipinski definition) is 4. The number of rotatable bonds is 6. The second-order valence-electron chi connectivity index (χ2n) is 8.24. The zero-order chi connectivity index (χ0) is 24.0. The molecule has 1 aliphatic rings. The van der Waals surface area contributed by atoms with Crippen LogP contribution in [0.2, 0.25) is 0 Å². The van der Waals surface area contributed by atoms with E-state index >= 15 is 0 Å². The van der Waals surface area contributed by atoms with Gasteiger partial charge in [-0.05, 0) is 36.1 Å². The molecular weight excluding hydrogens is 424 g/mol. The third-order valence-electron chi connectivity index (χ3n) is 6.05. The summed E-state index contributed by atoms with van der Waals surface area (Å²) in [5, 5.41) is 0. The quantitative estimate of drug-likeness (QED) is 0.267. The minimum Gasteiger partial charge on any atom is -0.465 e. The van der Waals surface area contributed by atoms with E-state index in [1.54, 1.807) is 13.8 Å². The van der Waals surface area contributed by atoms with Gasteiger partial charge < -0.3 is 9.47 Å². The fourth-order valence-electron chi connectivity index (χ4n) is 4.45. The fraction of sp³-hybridized carbons (Fsp3) is 0.233. The molecule has 0 radical (unpaired) electrons. The third-order valence-corrected chi connectivity index (χ3v) is 6.05. The Morgan fingerprint density at radius 2 is 1.24 bits per heavy atom. The van der Waals surface area contributed by atoms with Crippen molar-refractivity contribution >= 4 is 23.1 Å². The van der Waals surface area contributed by atoms with Crippen molar-refractivity contribution in [2.24, 2.45) is 5.41 Å². The van der Waals surface area contributed by atoms with Gasteiger partial charge in [0.2, 0.25) is 0 Å². The topological polar surface area (TPSA) is 52.6 Å². The first kappa shape index (κ1) is 23.3. The van der Waals surface area contributed by atoms with Crippen LogP contribution in [0.4, 0.5) is 0 Å². The number of benzene rings is 3. The summed E-state index contributed by atoms with van der Waals surface area (Å²) in [6.45, 7) is 3.87. The highest BCUT2D eigenvalue weighted by Crippen LogP contribution is 2.44. The van der Waals surface area contributed by atoms with Crippen LogP contribution in [0.15, 0.2) is 90.7 Å². The molecule has 172 valence electrons. The fourth-order valence-corrected chi connectivity index (χ4v) is 4.45. The molecule has 0 unspecified atom stereocenters. The van der Waals surface area contributed by atoms with E-state index in [1.165, 1.54) is 0 Å². The average Bonchev–Trinajstić information content (AvgIpc) is 2.88. The molecule has 0 fully saturated rings. The summed E-state index contributed by atoms with van der Waals surface area (Å²) in [5.74, 6) is -1.11. The molecule has 0 heterocycles. The molecule has 0 atom stereocenters. The lowest BCUT2D eigenvalue weighted by Gasteiger charge is -2.34. The number of fused-ring (bicyclic) bond motifs is 1. The first-order valence-corrected chi connectivity index (χ1v) is 11.6. The summed E-state index contributed by atoms with van der Waals surface area (Å²) in [4.78, 5) is 26.5. The Labute approximate surface area is 200 Å². The second-order valence-corrected chi connectivity index (χ2v) is 8.24. The van der Waals surface area contributed by atoms with Crippen LogP contribution in [0.1, 0.15) is 42.5 Å². The van der Waals surface area contributed by atoms with Crippen molar-refractivity contribution in [3.63, 3.8) is 0 Å². The predicted octanol–water partition coefficient (Wildman–Crippen LogP) is 5.86. The van der Waals surface area contributed by atoms with E-state index in [1.807, 2.05) is 84.9 Å². The van der Waals surface area contributed by atoms with Crippen LogP contribution >= 0.6 is 0 Å². The van der Waals surface area contributed by atoms with Gasteiger partial charge in [0.1, 0.15) is 0 Å². The summed E-state index contributed by atoms with van der Waals surface area (Å²) in [5.41, 5.74) is 7.74. The molecule has 0 amide bonds. The highest BCUT2D eigenvalue weighted by molar-refractivity contribution is 6.03. The van der Waals surface area contributed by atoms with E-state index in [4.69, 9.17) is 9.47 Å². The van der Waals surface area contributed by atoms with Gasteiger partial charge in [-0.15, -0.1) is 5.73 Å². The SMILES string of the molecule is CCOC(=O)C1(C(=O)OCC)CC(=C=C(c2ccccc2)c2ccccc2)c2ccccc2C1. The van der Waals surface area contributed by atoms with Gasteiger partial charge in [-0.25, -0.2) is 0 Å². The molecular formula is C30H28O4. The molecule has 4 rings (SSSR count). The predicted molar refractivity (Wildman–Crippen MR) is 133 cm³/mol. The maximum absolute atomic E-state index is 13.2. The van der Waals surface area contributed by atoms with Gasteiger partial charge in [-0.1, -0.05) is 84.9 Å². The van der Waals surface area contributed by atoms with Crippen LogP contribution in [0.25, 0.3) is 11.1 Å². The van der Waals surface area contributed by atoms with Crippen molar-refractivity contribution in [1.29, 1.82) is 0 Å². The monoisotopic (exact) mass is 452 g/mol. The zero-order valence-electron chi connectivity index (χ0n) is 19.5. The minimum atomic E-state index is -1.44. The highest BCUT2D eigenvalue weighted by Gasteiger charge is 2.52. The number of carbonyl (C=O) groups is 2. The molecule has 0 aromatic heterocycles. The molecule has 0 bridgehead atoms. The van der Waals surface area contributed by atoms with Crippen molar-refractivity contribution in [2.45, 2.75) is 26.7 Å². The van der Waals surface area contributed by atoms with Crippen LogP contribution in [0.3, 0.4) is 0 Å². The summed E-state index contributed by atoms with van der Waals surface area (Å²) in [6.07, 6.45) is 0.392. The van der Waals surface area contributed by atoms with Crippen molar-refractivity contribution in [3.8, 4) is 0 Å². The maximum atomic E-state index is 13.2. The van der Waals surface area contributed by atoms with E-state index in [0.29, 0.717) is 0 Å². The average molecular weight is 453 g/mol. The van der Waals surface area contributed by atoms with Crippen molar-refractivity contribution < 1.29 is 19.1 Å². The van der Waals surface area contributed by atoms with E-state index in [2.05, 4.69) is 5.73 Å². The smallest absolute Gasteiger partial charge is 0.324 e. The Balaban J connectivity index is 2.00. The van der Waals surface area contributed by atoms with Crippen molar-refractivity contribution in [1.82, 2.24) is 0 Å². The van der Waals surface area contributed by atoms with Crippen LogP contribution in [0.5, 0.6) is 0 Å². The second kappa shape index (κ2) is 10.4. The summed E-state index contributed by atoms with van der Waals surface area (Å²) in [7, 11) is 0. The Morgan fingerprint density at radius 3 is 1.76 bits per heavy atom. The molecule has 3 aromatic carbocycles. The number of allylic oxidation sites excluding steroid dienone is 1. The van der Waals surface area contributed by atoms with Crippen LogP contribution in [-0.2, 0) is 25.5 Å². The molecule has 4 heteroatoms.